The van der Waals surface area contributed by atoms with Crippen molar-refractivity contribution in [2.75, 3.05) is 18.9 Å². The summed E-state index contributed by atoms with van der Waals surface area (Å²) in [5, 5.41) is 3.01. The molecule has 1 aromatic rings. The van der Waals surface area contributed by atoms with Crippen LogP contribution in [0.3, 0.4) is 0 Å². The maximum Gasteiger partial charge on any atom is 0.225 e. The van der Waals surface area contributed by atoms with Crippen molar-refractivity contribution in [3.05, 3.63) is 29.3 Å². The molecule has 0 radical (unpaired) electrons. The normalized spacial score (nSPS) is 20.1. The van der Waals surface area contributed by atoms with Crippen LogP contribution in [-0.4, -0.2) is 30.4 Å². The first-order chi connectivity index (χ1) is 8.54. The van der Waals surface area contributed by atoms with E-state index in [1.165, 1.54) is 17.5 Å². The molecule has 0 bridgehead atoms. The molecule has 98 valence electrons. The van der Waals surface area contributed by atoms with Gasteiger partial charge in [0.05, 0.1) is 0 Å². The van der Waals surface area contributed by atoms with E-state index < -0.39 is 0 Å². The molecule has 1 heterocycles. The summed E-state index contributed by atoms with van der Waals surface area (Å²) in [7, 11) is 2.10. The molecular weight excluding hydrogens is 224 g/mol. The fraction of sp³-hybridized carbons (Fsp3) is 0.533. The summed E-state index contributed by atoms with van der Waals surface area (Å²) >= 11 is 0. The predicted molar refractivity (Wildman–Crippen MR) is 74.8 cm³/mol. The Balaban J connectivity index is 1.94. The largest absolute Gasteiger partial charge is 0.326 e. The van der Waals surface area contributed by atoms with E-state index in [1.807, 2.05) is 26.0 Å². The average Bonchev–Trinajstić information content (AvgIpc) is 2.62. The molecule has 1 N–H and O–H groups in total. The van der Waals surface area contributed by atoms with Crippen molar-refractivity contribution < 1.29 is 4.79 Å². The fourth-order valence-electron chi connectivity index (χ4n) is 2.71. The summed E-state index contributed by atoms with van der Waals surface area (Å²) < 4.78 is 0. The van der Waals surface area contributed by atoms with Crippen molar-refractivity contribution in [2.24, 2.45) is 0 Å². The third kappa shape index (κ3) is 3.33. The van der Waals surface area contributed by atoms with Gasteiger partial charge in [0.15, 0.2) is 0 Å². The molecule has 1 amide bonds. The Kier molecular flexibility index (Phi) is 4.02. The number of rotatable bonds is 3. The zero-order chi connectivity index (χ0) is 13.1. The second-order valence-electron chi connectivity index (χ2n) is 5.41. The average molecular weight is 246 g/mol. The number of likely N-dealkylation sites (tertiary alicyclic amines) is 1. The third-order valence-electron chi connectivity index (χ3n) is 3.60. The topological polar surface area (TPSA) is 32.3 Å². The molecule has 0 aliphatic carbocycles. The Bertz CT molecular complexity index is 422. The number of nitrogens with zero attached hydrogens (tertiary/aromatic N) is 1. The highest BCUT2D eigenvalue weighted by molar-refractivity contribution is 5.91. The quantitative estimate of drug-likeness (QED) is 0.889. The van der Waals surface area contributed by atoms with E-state index in [9.17, 15) is 4.79 Å². The molecule has 1 aliphatic rings. The van der Waals surface area contributed by atoms with Crippen molar-refractivity contribution in [1.82, 2.24) is 4.90 Å². The van der Waals surface area contributed by atoms with E-state index in [2.05, 4.69) is 23.3 Å². The highest BCUT2D eigenvalue weighted by Gasteiger charge is 2.23. The summed E-state index contributed by atoms with van der Waals surface area (Å²) in [6.45, 7) is 5.21. The minimum Gasteiger partial charge on any atom is -0.326 e. The molecule has 0 aromatic heterocycles. The minimum atomic E-state index is 0.124. The maximum atomic E-state index is 12.0. The van der Waals surface area contributed by atoms with Gasteiger partial charge in [0.25, 0.3) is 0 Å². The lowest BCUT2D eigenvalue weighted by atomic mass is 10.1. The van der Waals surface area contributed by atoms with Crippen molar-refractivity contribution >= 4 is 11.6 Å². The van der Waals surface area contributed by atoms with Crippen molar-refractivity contribution in [2.45, 2.75) is 39.2 Å². The number of anilines is 1. The van der Waals surface area contributed by atoms with Gasteiger partial charge < -0.3 is 10.2 Å². The standard InChI is InChI=1S/C15H22N2O/c1-11-7-12(2)9-13(8-11)16-15(18)10-14-5-4-6-17(14)3/h7-9,14H,4-6,10H2,1-3H3,(H,16,18). The van der Waals surface area contributed by atoms with Gasteiger partial charge in [-0.2, -0.15) is 0 Å². The Morgan fingerprint density at radius 3 is 2.56 bits per heavy atom. The Labute approximate surface area is 109 Å². The van der Waals surface area contributed by atoms with Crippen LogP contribution in [0.15, 0.2) is 18.2 Å². The summed E-state index contributed by atoms with van der Waals surface area (Å²) in [4.78, 5) is 14.3. The highest BCUT2D eigenvalue weighted by Crippen LogP contribution is 2.19. The molecule has 0 spiro atoms. The lowest BCUT2D eigenvalue weighted by Gasteiger charge is -2.18. The number of carbonyl (C=O) groups excluding carboxylic acids is 1. The lowest BCUT2D eigenvalue weighted by Crippen LogP contribution is -2.29. The van der Waals surface area contributed by atoms with Gasteiger partial charge in [0.2, 0.25) is 5.91 Å². The van der Waals surface area contributed by atoms with Gasteiger partial charge in [0, 0.05) is 18.2 Å². The Morgan fingerprint density at radius 1 is 1.33 bits per heavy atom. The SMILES string of the molecule is Cc1cc(C)cc(NC(=O)CC2CCCN2C)c1. The lowest BCUT2D eigenvalue weighted by molar-refractivity contribution is -0.117. The van der Waals surface area contributed by atoms with E-state index in [1.54, 1.807) is 0 Å². The zero-order valence-corrected chi connectivity index (χ0v) is 11.5. The maximum absolute atomic E-state index is 12.0. The Morgan fingerprint density at radius 2 is 2.00 bits per heavy atom. The monoisotopic (exact) mass is 246 g/mol. The van der Waals surface area contributed by atoms with Crippen LogP contribution >= 0.6 is 0 Å². The van der Waals surface area contributed by atoms with Crippen LogP contribution in [0.4, 0.5) is 5.69 Å². The van der Waals surface area contributed by atoms with Gasteiger partial charge in [-0.15, -0.1) is 0 Å². The fourth-order valence-corrected chi connectivity index (χ4v) is 2.71. The molecule has 3 nitrogen and oxygen atoms in total. The summed E-state index contributed by atoms with van der Waals surface area (Å²) in [6.07, 6.45) is 2.94. The molecule has 1 fully saturated rings. The number of hydrogen-bond acceptors (Lipinski definition) is 2. The van der Waals surface area contributed by atoms with Crippen LogP contribution in [0.25, 0.3) is 0 Å². The Hall–Kier alpha value is -1.35. The van der Waals surface area contributed by atoms with Gasteiger partial charge >= 0.3 is 0 Å². The number of nitrogens with one attached hydrogen (secondary N) is 1. The molecule has 1 saturated heterocycles. The second kappa shape index (κ2) is 5.53. The van der Waals surface area contributed by atoms with Gasteiger partial charge in [0.1, 0.15) is 0 Å². The summed E-state index contributed by atoms with van der Waals surface area (Å²) in [5.74, 6) is 0.124. The van der Waals surface area contributed by atoms with Gasteiger partial charge in [-0.05, 0) is 63.5 Å². The highest BCUT2D eigenvalue weighted by atomic mass is 16.1. The second-order valence-corrected chi connectivity index (χ2v) is 5.41. The van der Waals surface area contributed by atoms with Crippen LogP contribution in [-0.2, 0) is 4.79 Å². The number of carbonyl (C=O) groups is 1. The van der Waals surface area contributed by atoms with Crippen LogP contribution < -0.4 is 5.32 Å². The molecule has 18 heavy (non-hydrogen) atoms. The molecular formula is C15H22N2O. The van der Waals surface area contributed by atoms with Gasteiger partial charge in [-0.25, -0.2) is 0 Å². The molecule has 2 rings (SSSR count). The van der Waals surface area contributed by atoms with E-state index in [0.717, 1.165) is 18.7 Å². The molecule has 1 atom stereocenters. The molecule has 1 unspecified atom stereocenters. The molecule has 0 saturated carbocycles. The van der Waals surface area contributed by atoms with Crippen molar-refractivity contribution in [3.8, 4) is 0 Å². The van der Waals surface area contributed by atoms with E-state index >= 15 is 0 Å². The first-order valence-electron chi connectivity index (χ1n) is 6.63. The van der Waals surface area contributed by atoms with Crippen molar-refractivity contribution in [1.29, 1.82) is 0 Å². The van der Waals surface area contributed by atoms with E-state index in [0.29, 0.717) is 12.5 Å². The van der Waals surface area contributed by atoms with Crippen LogP contribution in [0.1, 0.15) is 30.4 Å². The first-order valence-corrected chi connectivity index (χ1v) is 6.63. The number of hydrogen-bond donors (Lipinski definition) is 1. The van der Waals surface area contributed by atoms with E-state index in [4.69, 9.17) is 0 Å². The summed E-state index contributed by atoms with van der Waals surface area (Å²) in [5.41, 5.74) is 3.28. The zero-order valence-electron chi connectivity index (χ0n) is 11.5. The third-order valence-corrected chi connectivity index (χ3v) is 3.60. The molecule has 3 heteroatoms. The smallest absolute Gasteiger partial charge is 0.225 e. The first kappa shape index (κ1) is 13.1. The number of benzene rings is 1. The van der Waals surface area contributed by atoms with Crippen LogP contribution in [0.2, 0.25) is 0 Å². The summed E-state index contributed by atoms with van der Waals surface area (Å²) in [6, 6.07) is 6.56. The molecule has 1 aliphatic heterocycles. The molecule has 1 aromatic carbocycles. The van der Waals surface area contributed by atoms with Crippen LogP contribution in [0.5, 0.6) is 0 Å². The minimum absolute atomic E-state index is 0.124. The van der Waals surface area contributed by atoms with Crippen LogP contribution in [0, 0.1) is 13.8 Å². The van der Waals surface area contributed by atoms with Gasteiger partial charge in [-0.3, -0.25) is 4.79 Å². The predicted octanol–water partition coefficient (Wildman–Crippen LogP) is 2.73. The van der Waals surface area contributed by atoms with Crippen molar-refractivity contribution in [3.63, 3.8) is 0 Å². The number of aryl methyl sites for hydroxylation is 2. The van der Waals surface area contributed by atoms with E-state index in [-0.39, 0.29) is 5.91 Å². The number of amides is 1. The van der Waals surface area contributed by atoms with Gasteiger partial charge in [-0.1, -0.05) is 6.07 Å².